The number of nitrogens with zero attached hydrogens (tertiary/aromatic N) is 2. The molecular weight excluding hydrogens is 316 g/mol. The first-order chi connectivity index (χ1) is 12.3. The van der Waals surface area contributed by atoms with Gasteiger partial charge in [-0.25, -0.2) is 0 Å². The van der Waals surface area contributed by atoms with Gasteiger partial charge in [0.05, 0.1) is 19.3 Å². The van der Waals surface area contributed by atoms with Crippen LogP contribution >= 0.6 is 0 Å². The normalized spacial score (nSPS) is 12.5. The maximum Gasteiger partial charge on any atom is 0.191 e. The van der Waals surface area contributed by atoms with Crippen molar-refractivity contribution in [1.82, 2.24) is 15.6 Å². The molecule has 0 saturated carbocycles. The van der Waals surface area contributed by atoms with E-state index < -0.39 is 6.10 Å². The van der Waals surface area contributed by atoms with Crippen molar-refractivity contribution < 1.29 is 9.84 Å². The zero-order chi connectivity index (χ0) is 17.7. The molecule has 1 atom stereocenters. The number of guanidine groups is 1. The topological polar surface area (TPSA) is 78.8 Å². The summed E-state index contributed by atoms with van der Waals surface area (Å²) in [6, 6.07) is 13.4. The molecule has 2 aromatic rings. The van der Waals surface area contributed by atoms with Crippen LogP contribution in [0.4, 0.5) is 0 Å². The van der Waals surface area contributed by atoms with Crippen molar-refractivity contribution in [2.75, 3.05) is 26.2 Å². The summed E-state index contributed by atoms with van der Waals surface area (Å²) in [6.45, 7) is 4.44. The predicted molar refractivity (Wildman–Crippen MR) is 99.7 cm³/mol. The number of pyridine rings is 1. The van der Waals surface area contributed by atoms with Gasteiger partial charge < -0.3 is 20.5 Å². The smallest absolute Gasteiger partial charge is 0.191 e. The van der Waals surface area contributed by atoms with Gasteiger partial charge in [0.1, 0.15) is 5.75 Å². The number of aliphatic hydroxyl groups is 1. The summed E-state index contributed by atoms with van der Waals surface area (Å²) in [4.78, 5) is 8.38. The van der Waals surface area contributed by atoms with Crippen LogP contribution in [0.25, 0.3) is 0 Å². The molecule has 1 aromatic heterocycles. The van der Waals surface area contributed by atoms with E-state index in [1.807, 2.05) is 37.3 Å². The highest BCUT2D eigenvalue weighted by atomic mass is 16.5. The monoisotopic (exact) mass is 342 g/mol. The molecular formula is C19H26N4O2. The third-order valence-electron chi connectivity index (χ3n) is 3.48. The van der Waals surface area contributed by atoms with Crippen molar-refractivity contribution in [3.8, 4) is 5.75 Å². The molecule has 0 aliphatic carbocycles. The number of para-hydroxylation sites is 1. The second kappa shape index (κ2) is 11.0. The summed E-state index contributed by atoms with van der Waals surface area (Å²) < 4.78 is 5.66. The first kappa shape index (κ1) is 18.7. The molecule has 1 aromatic carbocycles. The van der Waals surface area contributed by atoms with E-state index in [1.54, 1.807) is 24.5 Å². The summed E-state index contributed by atoms with van der Waals surface area (Å²) in [7, 11) is 0. The van der Waals surface area contributed by atoms with E-state index in [1.165, 1.54) is 0 Å². The maximum absolute atomic E-state index is 10.2. The third kappa shape index (κ3) is 7.22. The minimum atomic E-state index is -0.639. The van der Waals surface area contributed by atoms with Gasteiger partial charge in [0.15, 0.2) is 5.96 Å². The minimum Gasteiger partial charge on any atom is -0.494 e. The van der Waals surface area contributed by atoms with E-state index in [2.05, 4.69) is 20.6 Å². The summed E-state index contributed by atoms with van der Waals surface area (Å²) in [5, 5.41) is 16.6. The fourth-order valence-electron chi connectivity index (χ4n) is 2.20. The van der Waals surface area contributed by atoms with Gasteiger partial charge in [-0.05, 0) is 43.2 Å². The summed E-state index contributed by atoms with van der Waals surface area (Å²) in [5.41, 5.74) is 0.811. The Balaban J connectivity index is 1.72. The highest BCUT2D eigenvalue weighted by Gasteiger charge is 2.06. The van der Waals surface area contributed by atoms with Crippen molar-refractivity contribution >= 4 is 5.96 Å². The molecule has 25 heavy (non-hydrogen) atoms. The van der Waals surface area contributed by atoms with E-state index in [0.717, 1.165) is 30.8 Å². The molecule has 1 unspecified atom stereocenters. The van der Waals surface area contributed by atoms with Crippen LogP contribution in [-0.2, 0) is 0 Å². The molecule has 0 spiro atoms. The molecule has 134 valence electrons. The van der Waals surface area contributed by atoms with Crippen molar-refractivity contribution in [2.45, 2.75) is 19.4 Å². The Hall–Kier alpha value is -2.60. The van der Waals surface area contributed by atoms with E-state index in [0.29, 0.717) is 19.1 Å². The standard InChI is InChI=1S/C19H26N4O2/c1-2-21-19(23-15-18(24)16-9-12-20-13-10-16)22-11-6-14-25-17-7-4-3-5-8-17/h3-5,7-10,12-13,18,24H,2,6,11,14-15H2,1H3,(H2,21,22,23). The van der Waals surface area contributed by atoms with E-state index in [9.17, 15) is 5.11 Å². The maximum atomic E-state index is 10.2. The number of nitrogens with one attached hydrogen (secondary N) is 2. The first-order valence-electron chi connectivity index (χ1n) is 8.57. The minimum absolute atomic E-state index is 0.292. The third-order valence-corrected chi connectivity index (χ3v) is 3.48. The lowest BCUT2D eigenvalue weighted by molar-refractivity contribution is 0.187. The molecule has 0 bridgehead atoms. The molecule has 6 heteroatoms. The van der Waals surface area contributed by atoms with Crippen LogP contribution < -0.4 is 15.4 Å². The van der Waals surface area contributed by atoms with Gasteiger partial charge in [0.2, 0.25) is 0 Å². The molecule has 2 rings (SSSR count). The highest BCUT2D eigenvalue weighted by Crippen LogP contribution is 2.11. The lowest BCUT2D eigenvalue weighted by atomic mass is 10.1. The van der Waals surface area contributed by atoms with E-state index >= 15 is 0 Å². The van der Waals surface area contributed by atoms with Gasteiger partial charge in [0, 0.05) is 25.5 Å². The van der Waals surface area contributed by atoms with Gasteiger partial charge >= 0.3 is 0 Å². The van der Waals surface area contributed by atoms with Crippen LogP contribution in [0.1, 0.15) is 25.0 Å². The van der Waals surface area contributed by atoms with Crippen molar-refractivity contribution in [2.24, 2.45) is 4.99 Å². The number of aliphatic hydroxyl groups excluding tert-OH is 1. The largest absolute Gasteiger partial charge is 0.494 e. The Morgan fingerprint density at radius 1 is 1.16 bits per heavy atom. The SMILES string of the molecule is CCNC(=NCC(O)c1ccncc1)NCCCOc1ccccc1. The van der Waals surface area contributed by atoms with Gasteiger partial charge in [0.25, 0.3) is 0 Å². The zero-order valence-corrected chi connectivity index (χ0v) is 14.6. The molecule has 0 fully saturated rings. The Morgan fingerprint density at radius 2 is 1.92 bits per heavy atom. The molecule has 0 saturated heterocycles. The Morgan fingerprint density at radius 3 is 2.64 bits per heavy atom. The number of hydrogen-bond donors (Lipinski definition) is 3. The number of benzene rings is 1. The van der Waals surface area contributed by atoms with Gasteiger partial charge in [-0.15, -0.1) is 0 Å². The van der Waals surface area contributed by atoms with E-state index in [-0.39, 0.29) is 0 Å². The second-order valence-corrected chi connectivity index (χ2v) is 5.46. The Kier molecular flexibility index (Phi) is 8.27. The van der Waals surface area contributed by atoms with Crippen molar-refractivity contribution in [3.05, 3.63) is 60.4 Å². The number of ether oxygens (including phenoxy) is 1. The van der Waals surface area contributed by atoms with Crippen LogP contribution in [0.2, 0.25) is 0 Å². The average molecular weight is 342 g/mol. The Labute approximate surface area is 149 Å². The lowest BCUT2D eigenvalue weighted by Gasteiger charge is -2.13. The van der Waals surface area contributed by atoms with Crippen LogP contribution in [0, 0.1) is 0 Å². The molecule has 0 radical (unpaired) electrons. The molecule has 0 amide bonds. The number of rotatable bonds is 9. The van der Waals surface area contributed by atoms with Crippen LogP contribution in [0.3, 0.4) is 0 Å². The average Bonchev–Trinajstić information content (AvgIpc) is 2.67. The number of aliphatic imine (C=N–C) groups is 1. The fourth-order valence-corrected chi connectivity index (χ4v) is 2.20. The summed E-state index contributed by atoms with van der Waals surface area (Å²) in [6.07, 6.45) is 3.54. The number of aromatic nitrogens is 1. The highest BCUT2D eigenvalue weighted by molar-refractivity contribution is 5.79. The predicted octanol–water partition coefficient (Wildman–Crippen LogP) is 2.14. The zero-order valence-electron chi connectivity index (χ0n) is 14.6. The van der Waals surface area contributed by atoms with E-state index in [4.69, 9.17) is 4.74 Å². The van der Waals surface area contributed by atoms with Crippen molar-refractivity contribution in [3.63, 3.8) is 0 Å². The quantitative estimate of drug-likeness (QED) is 0.370. The van der Waals surface area contributed by atoms with Crippen LogP contribution in [0.5, 0.6) is 5.75 Å². The number of hydrogen-bond acceptors (Lipinski definition) is 4. The molecule has 1 heterocycles. The summed E-state index contributed by atoms with van der Waals surface area (Å²) >= 11 is 0. The first-order valence-corrected chi connectivity index (χ1v) is 8.57. The molecule has 6 nitrogen and oxygen atoms in total. The second-order valence-electron chi connectivity index (χ2n) is 5.46. The van der Waals surface area contributed by atoms with Gasteiger partial charge in [-0.3, -0.25) is 9.98 Å². The molecule has 0 aliphatic rings. The lowest BCUT2D eigenvalue weighted by Crippen LogP contribution is -2.38. The van der Waals surface area contributed by atoms with Gasteiger partial charge in [-0.1, -0.05) is 18.2 Å². The molecule has 0 aliphatic heterocycles. The van der Waals surface area contributed by atoms with Crippen molar-refractivity contribution in [1.29, 1.82) is 0 Å². The Bertz CT molecular complexity index is 620. The van der Waals surface area contributed by atoms with Crippen LogP contribution in [-0.4, -0.2) is 42.3 Å². The summed E-state index contributed by atoms with van der Waals surface area (Å²) in [5.74, 6) is 1.57. The van der Waals surface area contributed by atoms with Gasteiger partial charge in [-0.2, -0.15) is 0 Å². The van der Waals surface area contributed by atoms with Crippen LogP contribution in [0.15, 0.2) is 59.9 Å². The fraction of sp³-hybridized carbons (Fsp3) is 0.368. The molecule has 3 N–H and O–H groups in total.